The Balaban J connectivity index is 1.71. The van der Waals surface area contributed by atoms with Crippen LogP contribution in [0.4, 0.5) is 0 Å². The van der Waals surface area contributed by atoms with Crippen molar-refractivity contribution in [3.05, 3.63) is 36.0 Å². The highest BCUT2D eigenvalue weighted by Gasteiger charge is 2.63. The van der Waals surface area contributed by atoms with E-state index in [0.717, 1.165) is 37.7 Å². The number of hydrogen-bond donors (Lipinski definition) is 1. The minimum atomic E-state index is -0.696. The maximum absolute atomic E-state index is 11.8. The molecular weight excluding hydrogens is 296 g/mol. The van der Waals surface area contributed by atoms with Gasteiger partial charge >= 0.3 is 0 Å². The summed E-state index contributed by atoms with van der Waals surface area (Å²) < 4.78 is 0. The molecule has 2 nitrogen and oxygen atoms in total. The van der Waals surface area contributed by atoms with Crippen molar-refractivity contribution < 1.29 is 9.90 Å². The van der Waals surface area contributed by atoms with Crippen LogP contribution in [0.1, 0.15) is 59.3 Å². The lowest BCUT2D eigenvalue weighted by atomic mass is 9.47. The summed E-state index contributed by atoms with van der Waals surface area (Å²) in [5, 5.41) is 11.4. The van der Waals surface area contributed by atoms with Gasteiger partial charge in [0.05, 0.1) is 5.60 Å². The second kappa shape index (κ2) is 4.94. The zero-order valence-electron chi connectivity index (χ0n) is 15.3. The van der Waals surface area contributed by atoms with E-state index in [1.807, 2.05) is 13.0 Å². The van der Waals surface area contributed by atoms with Crippen molar-refractivity contribution in [2.45, 2.75) is 64.9 Å². The van der Waals surface area contributed by atoms with E-state index in [0.29, 0.717) is 17.8 Å². The molecule has 0 amide bonds. The van der Waals surface area contributed by atoms with Gasteiger partial charge < -0.3 is 5.11 Å². The van der Waals surface area contributed by atoms with Crippen LogP contribution >= 0.6 is 0 Å². The lowest BCUT2D eigenvalue weighted by Gasteiger charge is -2.58. The van der Waals surface area contributed by atoms with Crippen LogP contribution in [0.3, 0.4) is 0 Å². The van der Waals surface area contributed by atoms with E-state index in [1.54, 1.807) is 6.08 Å². The van der Waals surface area contributed by atoms with Crippen LogP contribution in [0, 0.1) is 28.6 Å². The molecular formula is C22H30O2. The van der Waals surface area contributed by atoms with E-state index in [-0.39, 0.29) is 16.6 Å². The lowest BCUT2D eigenvalue weighted by molar-refractivity contribution is -0.112. The highest BCUT2D eigenvalue weighted by molar-refractivity contribution is 6.01. The molecule has 4 rings (SSSR count). The number of rotatable bonds is 1. The standard InChI is InChI=1S/C22H30O2/c1-14(2)22(24)12-9-19-17-6-5-15-13-16(23)7-10-20(15,3)18(17)8-11-21(19,22)4/h7,10,13,17-19,24H,1,5-6,8-9,11-12H2,2-4H3/t17?,18?,19?,20-,21-,22-/m0/s1. The van der Waals surface area contributed by atoms with Gasteiger partial charge in [0, 0.05) is 10.8 Å². The van der Waals surface area contributed by atoms with Crippen LogP contribution in [0.25, 0.3) is 0 Å². The molecule has 0 aromatic heterocycles. The fourth-order valence-electron chi connectivity index (χ4n) is 6.91. The van der Waals surface area contributed by atoms with Crippen molar-refractivity contribution in [1.82, 2.24) is 0 Å². The summed E-state index contributed by atoms with van der Waals surface area (Å²) in [5.74, 6) is 1.98. The second-order valence-corrected chi connectivity index (χ2v) is 9.24. The minimum absolute atomic E-state index is 0.0359. The first-order valence-corrected chi connectivity index (χ1v) is 9.55. The predicted octanol–water partition coefficient (Wildman–Crippen LogP) is 4.60. The monoisotopic (exact) mass is 326 g/mol. The van der Waals surface area contributed by atoms with Gasteiger partial charge in [0.2, 0.25) is 0 Å². The SMILES string of the molecule is C=C(C)[C@@]1(O)CCC2C3CCC4=CC(=O)C=C[C@]4(C)C3CC[C@@]21C. The van der Waals surface area contributed by atoms with Gasteiger partial charge in [0.1, 0.15) is 0 Å². The zero-order chi connectivity index (χ0) is 17.3. The smallest absolute Gasteiger partial charge is 0.178 e. The number of carbonyl (C=O) groups is 1. The third kappa shape index (κ3) is 1.84. The third-order valence-corrected chi connectivity index (χ3v) is 8.41. The Morgan fingerprint density at radius 1 is 1.21 bits per heavy atom. The van der Waals surface area contributed by atoms with Gasteiger partial charge in [-0.2, -0.15) is 0 Å². The summed E-state index contributed by atoms with van der Waals surface area (Å²) in [6.07, 6.45) is 12.2. The molecule has 0 saturated heterocycles. The molecule has 0 spiro atoms. The average Bonchev–Trinajstić information content (AvgIpc) is 2.81. The molecule has 3 fully saturated rings. The Morgan fingerprint density at radius 2 is 1.92 bits per heavy atom. The summed E-state index contributed by atoms with van der Waals surface area (Å²) in [5.41, 5.74) is 1.59. The molecule has 0 heterocycles. The average molecular weight is 326 g/mol. The summed E-state index contributed by atoms with van der Waals surface area (Å²) in [6.45, 7) is 10.8. The predicted molar refractivity (Wildman–Crippen MR) is 96.4 cm³/mol. The van der Waals surface area contributed by atoms with Crippen LogP contribution < -0.4 is 0 Å². The topological polar surface area (TPSA) is 37.3 Å². The maximum atomic E-state index is 11.8. The fourth-order valence-corrected chi connectivity index (χ4v) is 6.91. The van der Waals surface area contributed by atoms with Crippen molar-refractivity contribution in [2.75, 3.05) is 0 Å². The molecule has 0 aliphatic heterocycles. The number of allylic oxidation sites excluding steroid dienone is 4. The normalized spacial score (nSPS) is 49.9. The van der Waals surface area contributed by atoms with Gasteiger partial charge in [-0.25, -0.2) is 0 Å². The summed E-state index contributed by atoms with van der Waals surface area (Å²) in [6, 6.07) is 0. The van der Waals surface area contributed by atoms with Crippen molar-refractivity contribution >= 4 is 5.78 Å². The number of aliphatic hydroxyl groups is 1. The van der Waals surface area contributed by atoms with E-state index in [4.69, 9.17) is 0 Å². The van der Waals surface area contributed by atoms with E-state index in [9.17, 15) is 9.90 Å². The van der Waals surface area contributed by atoms with Crippen molar-refractivity contribution in [3.63, 3.8) is 0 Å². The maximum Gasteiger partial charge on any atom is 0.178 e. The Hall–Kier alpha value is -1.15. The molecule has 0 aromatic rings. The second-order valence-electron chi connectivity index (χ2n) is 9.24. The van der Waals surface area contributed by atoms with Gasteiger partial charge in [-0.05, 0) is 80.9 Å². The summed E-state index contributed by atoms with van der Waals surface area (Å²) in [7, 11) is 0. The Kier molecular flexibility index (Phi) is 3.36. The van der Waals surface area contributed by atoms with E-state index in [2.05, 4.69) is 26.5 Å². The van der Waals surface area contributed by atoms with Crippen LogP contribution in [-0.2, 0) is 4.79 Å². The molecule has 3 unspecified atom stereocenters. The first kappa shape index (κ1) is 16.3. The van der Waals surface area contributed by atoms with Gasteiger partial charge in [-0.1, -0.05) is 32.1 Å². The number of carbonyl (C=O) groups excluding carboxylic acids is 1. The van der Waals surface area contributed by atoms with Gasteiger partial charge in [-0.3, -0.25) is 4.79 Å². The number of fused-ring (bicyclic) bond motifs is 5. The van der Waals surface area contributed by atoms with Crippen molar-refractivity contribution in [3.8, 4) is 0 Å². The first-order chi connectivity index (χ1) is 11.2. The van der Waals surface area contributed by atoms with Gasteiger partial charge in [-0.15, -0.1) is 0 Å². The molecule has 2 heteroatoms. The van der Waals surface area contributed by atoms with E-state index in [1.165, 1.54) is 12.0 Å². The van der Waals surface area contributed by atoms with E-state index < -0.39 is 5.60 Å². The molecule has 4 aliphatic carbocycles. The fraction of sp³-hybridized carbons (Fsp3) is 0.682. The molecule has 6 atom stereocenters. The van der Waals surface area contributed by atoms with Crippen molar-refractivity contribution in [1.29, 1.82) is 0 Å². The van der Waals surface area contributed by atoms with Crippen LogP contribution in [0.2, 0.25) is 0 Å². The molecule has 0 aromatic carbocycles. The molecule has 4 aliphatic rings. The number of hydrogen-bond acceptors (Lipinski definition) is 2. The highest BCUT2D eigenvalue weighted by Crippen LogP contribution is 2.67. The van der Waals surface area contributed by atoms with Crippen LogP contribution in [0.5, 0.6) is 0 Å². The molecule has 0 bridgehead atoms. The molecule has 130 valence electrons. The Labute approximate surface area is 145 Å². The molecule has 1 N–H and O–H groups in total. The van der Waals surface area contributed by atoms with Crippen LogP contribution in [0.15, 0.2) is 36.0 Å². The summed E-state index contributed by atoms with van der Waals surface area (Å²) >= 11 is 0. The minimum Gasteiger partial charge on any atom is -0.385 e. The van der Waals surface area contributed by atoms with Crippen molar-refractivity contribution in [2.24, 2.45) is 28.6 Å². The quantitative estimate of drug-likeness (QED) is 0.715. The van der Waals surface area contributed by atoms with Gasteiger partial charge in [0.15, 0.2) is 5.78 Å². The highest BCUT2D eigenvalue weighted by atomic mass is 16.3. The Bertz CT molecular complexity index is 671. The molecule has 3 saturated carbocycles. The first-order valence-electron chi connectivity index (χ1n) is 9.55. The number of ketones is 1. The summed E-state index contributed by atoms with van der Waals surface area (Å²) in [4.78, 5) is 11.8. The zero-order valence-corrected chi connectivity index (χ0v) is 15.3. The third-order valence-electron chi connectivity index (χ3n) is 8.41. The van der Waals surface area contributed by atoms with Gasteiger partial charge in [0.25, 0.3) is 0 Å². The van der Waals surface area contributed by atoms with E-state index >= 15 is 0 Å². The largest absolute Gasteiger partial charge is 0.385 e. The lowest BCUT2D eigenvalue weighted by Crippen LogP contribution is -2.54. The Morgan fingerprint density at radius 3 is 2.62 bits per heavy atom. The van der Waals surface area contributed by atoms with Crippen LogP contribution in [-0.4, -0.2) is 16.5 Å². The molecule has 0 radical (unpaired) electrons. The molecule has 24 heavy (non-hydrogen) atoms.